The smallest absolute Gasteiger partial charge is 0.0794 e. The van der Waals surface area contributed by atoms with Gasteiger partial charge in [0, 0.05) is 30.7 Å². The highest BCUT2D eigenvalue weighted by atomic mass is 32.1. The number of rotatable bonds is 7. The minimum atomic E-state index is 1.04. The van der Waals surface area contributed by atoms with E-state index in [0.717, 1.165) is 19.6 Å². The van der Waals surface area contributed by atoms with Crippen LogP contribution in [0.5, 0.6) is 0 Å². The van der Waals surface area contributed by atoms with Gasteiger partial charge < -0.3 is 5.32 Å². The molecular formula is C10H19N3S. The van der Waals surface area contributed by atoms with Crippen LogP contribution in [-0.2, 0) is 6.54 Å². The number of nitrogens with zero attached hydrogens (tertiary/aromatic N) is 2. The fourth-order valence-corrected chi connectivity index (χ4v) is 2.03. The van der Waals surface area contributed by atoms with Crippen LogP contribution in [0.2, 0.25) is 0 Å². The Morgan fingerprint density at radius 1 is 1.50 bits per heavy atom. The Morgan fingerprint density at radius 3 is 2.93 bits per heavy atom. The van der Waals surface area contributed by atoms with Gasteiger partial charge in [0.15, 0.2) is 0 Å². The molecule has 1 aromatic rings. The van der Waals surface area contributed by atoms with Gasteiger partial charge in [0.05, 0.1) is 5.51 Å². The minimum absolute atomic E-state index is 1.04. The van der Waals surface area contributed by atoms with Gasteiger partial charge in [-0.2, -0.15) is 0 Å². The van der Waals surface area contributed by atoms with Gasteiger partial charge in [-0.25, -0.2) is 0 Å². The first-order valence-electron chi connectivity index (χ1n) is 5.11. The monoisotopic (exact) mass is 213 g/mol. The van der Waals surface area contributed by atoms with Crippen LogP contribution in [0, 0.1) is 0 Å². The zero-order valence-corrected chi connectivity index (χ0v) is 9.81. The van der Waals surface area contributed by atoms with Crippen molar-refractivity contribution in [3.05, 3.63) is 16.6 Å². The SMILES string of the molecule is CCCN(CCNC)Cc1cncs1. The van der Waals surface area contributed by atoms with E-state index in [0.29, 0.717) is 0 Å². The first-order valence-corrected chi connectivity index (χ1v) is 5.99. The number of hydrogen-bond donors (Lipinski definition) is 1. The Labute approximate surface area is 90.2 Å². The maximum atomic E-state index is 4.09. The predicted octanol–water partition coefficient (Wildman–Crippen LogP) is 1.57. The van der Waals surface area contributed by atoms with E-state index in [1.54, 1.807) is 11.3 Å². The lowest BCUT2D eigenvalue weighted by atomic mass is 10.3. The van der Waals surface area contributed by atoms with E-state index in [-0.39, 0.29) is 0 Å². The van der Waals surface area contributed by atoms with E-state index in [2.05, 4.69) is 22.1 Å². The van der Waals surface area contributed by atoms with Crippen LogP contribution in [0.4, 0.5) is 0 Å². The molecule has 0 aliphatic rings. The second-order valence-corrected chi connectivity index (χ2v) is 4.32. The van der Waals surface area contributed by atoms with Crippen molar-refractivity contribution >= 4 is 11.3 Å². The van der Waals surface area contributed by atoms with Crippen LogP contribution in [0.3, 0.4) is 0 Å². The van der Waals surface area contributed by atoms with Crippen LogP contribution < -0.4 is 5.32 Å². The van der Waals surface area contributed by atoms with Crippen molar-refractivity contribution in [2.45, 2.75) is 19.9 Å². The van der Waals surface area contributed by atoms with Crippen LogP contribution in [0.15, 0.2) is 11.7 Å². The first kappa shape index (κ1) is 11.6. The molecule has 0 fully saturated rings. The van der Waals surface area contributed by atoms with Crippen LogP contribution in [0.25, 0.3) is 0 Å². The molecule has 0 atom stereocenters. The summed E-state index contributed by atoms with van der Waals surface area (Å²) in [6.45, 7) is 6.60. The summed E-state index contributed by atoms with van der Waals surface area (Å²) in [4.78, 5) is 7.91. The molecule has 1 rings (SSSR count). The maximum Gasteiger partial charge on any atom is 0.0794 e. The Morgan fingerprint density at radius 2 is 2.36 bits per heavy atom. The van der Waals surface area contributed by atoms with Gasteiger partial charge in [0.1, 0.15) is 0 Å². The summed E-state index contributed by atoms with van der Waals surface area (Å²) in [7, 11) is 2.00. The summed E-state index contributed by atoms with van der Waals surface area (Å²) in [6, 6.07) is 0. The summed E-state index contributed by atoms with van der Waals surface area (Å²) in [5.41, 5.74) is 1.90. The second-order valence-electron chi connectivity index (χ2n) is 3.35. The van der Waals surface area contributed by atoms with Crippen molar-refractivity contribution in [3.8, 4) is 0 Å². The average Bonchev–Trinajstić information content (AvgIpc) is 2.67. The molecule has 0 amide bonds. The highest BCUT2D eigenvalue weighted by Gasteiger charge is 2.04. The third-order valence-electron chi connectivity index (χ3n) is 2.08. The third-order valence-corrected chi connectivity index (χ3v) is 2.85. The van der Waals surface area contributed by atoms with Gasteiger partial charge in [-0.3, -0.25) is 9.88 Å². The molecule has 0 aromatic carbocycles. The molecule has 1 heterocycles. The van der Waals surface area contributed by atoms with E-state index in [4.69, 9.17) is 0 Å². The molecule has 1 aromatic heterocycles. The lowest BCUT2D eigenvalue weighted by Gasteiger charge is -2.20. The average molecular weight is 213 g/mol. The summed E-state index contributed by atoms with van der Waals surface area (Å²) in [5, 5.41) is 3.18. The lowest BCUT2D eigenvalue weighted by molar-refractivity contribution is 0.270. The summed E-state index contributed by atoms with van der Waals surface area (Å²) in [6.07, 6.45) is 3.18. The number of thiazole rings is 1. The fourth-order valence-electron chi connectivity index (χ4n) is 1.40. The van der Waals surface area contributed by atoms with Gasteiger partial charge in [-0.15, -0.1) is 11.3 Å². The molecule has 0 saturated heterocycles. The zero-order valence-electron chi connectivity index (χ0n) is 8.99. The molecule has 4 heteroatoms. The summed E-state index contributed by atoms with van der Waals surface area (Å²) < 4.78 is 0. The molecule has 1 N–H and O–H groups in total. The summed E-state index contributed by atoms with van der Waals surface area (Å²) >= 11 is 1.74. The highest BCUT2D eigenvalue weighted by Crippen LogP contribution is 2.09. The van der Waals surface area contributed by atoms with Crippen molar-refractivity contribution in [1.82, 2.24) is 15.2 Å². The van der Waals surface area contributed by atoms with Crippen molar-refractivity contribution in [2.24, 2.45) is 0 Å². The lowest BCUT2D eigenvalue weighted by Crippen LogP contribution is -2.30. The van der Waals surface area contributed by atoms with Crippen LogP contribution in [-0.4, -0.2) is 36.6 Å². The number of likely N-dealkylation sites (N-methyl/N-ethyl adjacent to an activating group) is 1. The Bertz CT molecular complexity index is 223. The van der Waals surface area contributed by atoms with E-state index in [1.807, 2.05) is 18.8 Å². The van der Waals surface area contributed by atoms with Crippen molar-refractivity contribution in [1.29, 1.82) is 0 Å². The van der Waals surface area contributed by atoms with Gasteiger partial charge in [0.25, 0.3) is 0 Å². The van der Waals surface area contributed by atoms with Crippen molar-refractivity contribution in [3.63, 3.8) is 0 Å². The van der Waals surface area contributed by atoms with E-state index < -0.39 is 0 Å². The second kappa shape index (κ2) is 6.92. The topological polar surface area (TPSA) is 28.2 Å². The maximum absolute atomic E-state index is 4.09. The molecule has 0 spiro atoms. The molecule has 0 aliphatic carbocycles. The zero-order chi connectivity index (χ0) is 10.2. The van der Waals surface area contributed by atoms with Gasteiger partial charge in [0.2, 0.25) is 0 Å². The minimum Gasteiger partial charge on any atom is -0.318 e. The highest BCUT2D eigenvalue weighted by molar-refractivity contribution is 7.09. The Balaban J connectivity index is 2.34. The van der Waals surface area contributed by atoms with E-state index >= 15 is 0 Å². The van der Waals surface area contributed by atoms with Gasteiger partial charge >= 0.3 is 0 Å². The molecule has 14 heavy (non-hydrogen) atoms. The third kappa shape index (κ3) is 4.17. The standard InChI is InChI=1S/C10H19N3S/c1-3-5-13(6-4-11-2)8-10-7-12-9-14-10/h7,9,11H,3-6,8H2,1-2H3. The van der Waals surface area contributed by atoms with Crippen LogP contribution in [0.1, 0.15) is 18.2 Å². The van der Waals surface area contributed by atoms with Gasteiger partial charge in [-0.05, 0) is 20.0 Å². The molecule has 0 radical (unpaired) electrons. The normalized spacial score (nSPS) is 11.1. The number of nitrogens with one attached hydrogen (secondary N) is 1. The van der Waals surface area contributed by atoms with Crippen molar-refractivity contribution in [2.75, 3.05) is 26.7 Å². The molecule has 80 valence electrons. The van der Waals surface area contributed by atoms with E-state index in [1.165, 1.54) is 17.8 Å². The molecule has 0 bridgehead atoms. The number of aromatic nitrogens is 1. The van der Waals surface area contributed by atoms with Crippen LogP contribution >= 0.6 is 11.3 Å². The molecule has 0 unspecified atom stereocenters. The Hall–Kier alpha value is -0.450. The molecule has 0 aliphatic heterocycles. The van der Waals surface area contributed by atoms with E-state index in [9.17, 15) is 0 Å². The quantitative estimate of drug-likeness (QED) is 0.745. The Kier molecular flexibility index (Phi) is 5.75. The fraction of sp³-hybridized carbons (Fsp3) is 0.700. The van der Waals surface area contributed by atoms with Crippen molar-refractivity contribution < 1.29 is 0 Å². The first-order chi connectivity index (χ1) is 6.86. The largest absolute Gasteiger partial charge is 0.318 e. The predicted molar refractivity (Wildman–Crippen MR) is 61.6 cm³/mol. The molecular weight excluding hydrogens is 194 g/mol. The number of hydrogen-bond acceptors (Lipinski definition) is 4. The molecule has 3 nitrogen and oxygen atoms in total. The molecule has 0 saturated carbocycles. The summed E-state index contributed by atoms with van der Waals surface area (Å²) in [5.74, 6) is 0. The van der Waals surface area contributed by atoms with Gasteiger partial charge in [-0.1, -0.05) is 6.92 Å².